The van der Waals surface area contributed by atoms with Gasteiger partial charge in [-0.1, -0.05) is 6.92 Å². The van der Waals surface area contributed by atoms with Crippen LogP contribution in [0.25, 0.3) is 0 Å². The summed E-state index contributed by atoms with van der Waals surface area (Å²) in [5.74, 6) is 0.201. The molecule has 2 N–H and O–H groups in total. The van der Waals surface area contributed by atoms with E-state index in [1.54, 1.807) is 0 Å². The Hall–Kier alpha value is -0.610. The molecule has 1 heterocycles. The van der Waals surface area contributed by atoms with Gasteiger partial charge in [-0.2, -0.15) is 0 Å². The summed E-state index contributed by atoms with van der Waals surface area (Å²) < 4.78 is 0. The van der Waals surface area contributed by atoms with E-state index in [1.807, 2.05) is 18.9 Å². The van der Waals surface area contributed by atoms with Gasteiger partial charge in [0.15, 0.2) is 0 Å². The number of amides is 1. The van der Waals surface area contributed by atoms with Crippen LogP contribution in [0.15, 0.2) is 0 Å². The highest BCUT2D eigenvalue weighted by Gasteiger charge is 2.26. The van der Waals surface area contributed by atoms with Crippen LogP contribution in [-0.4, -0.2) is 54.0 Å². The summed E-state index contributed by atoms with van der Waals surface area (Å²) in [5.41, 5.74) is 5.85. The monoisotopic (exact) mass is 255 g/mol. The SMILES string of the molecule is CCC(N)CC(=O)N(C)C1CCN(C(C)C)CC1. The highest BCUT2D eigenvalue weighted by Crippen LogP contribution is 2.18. The summed E-state index contributed by atoms with van der Waals surface area (Å²) in [5, 5.41) is 0. The highest BCUT2D eigenvalue weighted by molar-refractivity contribution is 5.76. The van der Waals surface area contributed by atoms with E-state index < -0.39 is 0 Å². The van der Waals surface area contributed by atoms with Crippen molar-refractivity contribution in [2.45, 2.75) is 64.6 Å². The molecule has 0 aromatic carbocycles. The predicted molar refractivity (Wildman–Crippen MR) is 75.4 cm³/mol. The maximum absolute atomic E-state index is 12.1. The summed E-state index contributed by atoms with van der Waals surface area (Å²) >= 11 is 0. The maximum atomic E-state index is 12.1. The standard InChI is InChI=1S/C14H29N3O/c1-5-12(15)10-14(18)16(4)13-6-8-17(9-7-13)11(2)3/h11-13H,5-10,15H2,1-4H3. The van der Waals surface area contributed by atoms with Gasteiger partial charge in [0.25, 0.3) is 0 Å². The third-order valence-electron chi connectivity index (χ3n) is 4.13. The Morgan fingerprint density at radius 1 is 1.39 bits per heavy atom. The molecule has 1 aliphatic heterocycles. The zero-order valence-corrected chi connectivity index (χ0v) is 12.4. The van der Waals surface area contributed by atoms with Crippen LogP contribution >= 0.6 is 0 Å². The fourth-order valence-corrected chi connectivity index (χ4v) is 2.51. The molecule has 0 aromatic heterocycles. The second kappa shape index (κ2) is 7.10. The van der Waals surface area contributed by atoms with Crippen molar-refractivity contribution < 1.29 is 4.79 Å². The van der Waals surface area contributed by atoms with E-state index >= 15 is 0 Å². The van der Waals surface area contributed by atoms with Crippen molar-refractivity contribution in [3.63, 3.8) is 0 Å². The number of nitrogens with zero attached hydrogens (tertiary/aromatic N) is 2. The molecule has 1 fully saturated rings. The van der Waals surface area contributed by atoms with Crippen LogP contribution in [0, 0.1) is 0 Å². The van der Waals surface area contributed by atoms with Crippen molar-refractivity contribution in [2.75, 3.05) is 20.1 Å². The minimum atomic E-state index is 0.00991. The van der Waals surface area contributed by atoms with E-state index in [-0.39, 0.29) is 11.9 Å². The van der Waals surface area contributed by atoms with Gasteiger partial charge in [0, 0.05) is 44.7 Å². The maximum Gasteiger partial charge on any atom is 0.224 e. The third kappa shape index (κ3) is 4.25. The van der Waals surface area contributed by atoms with Gasteiger partial charge in [-0.05, 0) is 33.1 Å². The number of nitrogens with two attached hydrogens (primary N) is 1. The van der Waals surface area contributed by atoms with Crippen LogP contribution in [0.3, 0.4) is 0 Å². The zero-order chi connectivity index (χ0) is 13.7. The minimum absolute atomic E-state index is 0.00991. The molecule has 1 rings (SSSR count). The molecular weight excluding hydrogens is 226 g/mol. The number of carbonyl (C=O) groups excluding carboxylic acids is 1. The van der Waals surface area contributed by atoms with Crippen LogP contribution in [-0.2, 0) is 4.79 Å². The summed E-state index contributed by atoms with van der Waals surface area (Å²) in [6, 6.07) is 1.02. The number of carbonyl (C=O) groups is 1. The molecule has 18 heavy (non-hydrogen) atoms. The van der Waals surface area contributed by atoms with Gasteiger partial charge in [-0.15, -0.1) is 0 Å². The van der Waals surface area contributed by atoms with Gasteiger partial charge in [-0.3, -0.25) is 4.79 Å². The Morgan fingerprint density at radius 3 is 2.39 bits per heavy atom. The molecule has 0 spiro atoms. The average molecular weight is 255 g/mol. The Balaban J connectivity index is 2.39. The second-order valence-electron chi connectivity index (χ2n) is 5.74. The van der Waals surface area contributed by atoms with Gasteiger partial charge in [-0.25, -0.2) is 0 Å². The normalized spacial score (nSPS) is 20.1. The van der Waals surface area contributed by atoms with Crippen molar-refractivity contribution in [1.82, 2.24) is 9.80 Å². The fraction of sp³-hybridized carbons (Fsp3) is 0.929. The first-order valence-electron chi connectivity index (χ1n) is 7.21. The Kier molecular flexibility index (Phi) is 6.09. The average Bonchev–Trinajstić information content (AvgIpc) is 2.37. The lowest BCUT2D eigenvalue weighted by Crippen LogP contribution is -2.48. The third-order valence-corrected chi connectivity index (χ3v) is 4.13. The molecule has 0 saturated carbocycles. The molecule has 0 radical (unpaired) electrons. The molecule has 4 nitrogen and oxygen atoms in total. The lowest BCUT2D eigenvalue weighted by molar-refractivity contribution is -0.133. The van der Waals surface area contributed by atoms with E-state index in [4.69, 9.17) is 5.73 Å². The zero-order valence-electron chi connectivity index (χ0n) is 12.4. The number of hydrogen-bond donors (Lipinski definition) is 1. The molecular formula is C14H29N3O. The lowest BCUT2D eigenvalue weighted by Gasteiger charge is -2.38. The van der Waals surface area contributed by atoms with Gasteiger partial charge >= 0.3 is 0 Å². The second-order valence-corrected chi connectivity index (χ2v) is 5.74. The largest absolute Gasteiger partial charge is 0.343 e. The van der Waals surface area contributed by atoms with Gasteiger partial charge in [0.2, 0.25) is 5.91 Å². The quantitative estimate of drug-likeness (QED) is 0.809. The summed E-state index contributed by atoms with van der Waals surface area (Å²) in [7, 11) is 1.93. The lowest BCUT2D eigenvalue weighted by atomic mass is 10.0. The summed E-state index contributed by atoms with van der Waals surface area (Å²) in [4.78, 5) is 16.5. The Morgan fingerprint density at radius 2 is 1.94 bits per heavy atom. The molecule has 1 aliphatic rings. The van der Waals surface area contributed by atoms with E-state index in [0.717, 1.165) is 32.4 Å². The molecule has 0 bridgehead atoms. The Bertz CT molecular complexity index is 260. The van der Waals surface area contributed by atoms with Crippen LogP contribution in [0.1, 0.15) is 46.5 Å². The number of piperidine rings is 1. The minimum Gasteiger partial charge on any atom is -0.343 e. The van der Waals surface area contributed by atoms with Crippen LogP contribution in [0.5, 0.6) is 0 Å². The topological polar surface area (TPSA) is 49.6 Å². The van der Waals surface area contributed by atoms with Crippen molar-refractivity contribution in [2.24, 2.45) is 5.73 Å². The van der Waals surface area contributed by atoms with Gasteiger partial charge in [0.1, 0.15) is 0 Å². The number of hydrogen-bond acceptors (Lipinski definition) is 3. The molecule has 1 unspecified atom stereocenters. The molecule has 0 aliphatic carbocycles. The smallest absolute Gasteiger partial charge is 0.224 e. The van der Waals surface area contributed by atoms with Crippen molar-refractivity contribution in [3.8, 4) is 0 Å². The van der Waals surface area contributed by atoms with Gasteiger partial charge in [0.05, 0.1) is 0 Å². The number of rotatable bonds is 5. The highest BCUT2D eigenvalue weighted by atomic mass is 16.2. The predicted octanol–water partition coefficient (Wildman–Crippen LogP) is 1.45. The van der Waals surface area contributed by atoms with Crippen LogP contribution in [0.2, 0.25) is 0 Å². The molecule has 1 saturated heterocycles. The van der Waals surface area contributed by atoms with E-state index in [0.29, 0.717) is 18.5 Å². The Labute approximate surface area is 111 Å². The van der Waals surface area contributed by atoms with Crippen molar-refractivity contribution in [3.05, 3.63) is 0 Å². The molecule has 1 atom stereocenters. The summed E-state index contributed by atoms with van der Waals surface area (Å²) in [6.45, 7) is 8.68. The van der Waals surface area contributed by atoms with Crippen LogP contribution in [0.4, 0.5) is 0 Å². The van der Waals surface area contributed by atoms with Crippen molar-refractivity contribution >= 4 is 5.91 Å². The first-order chi connectivity index (χ1) is 8.45. The fourth-order valence-electron chi connectivity index (χ4n) is 2.51. The first kappa shape index (κ1) is 15.4. The van der Waals surface area contributed by atoms with Gasteiger partial charge < -0.3 is 15.5 Å². The van der Waals surface area contributed by atoms with E-state index in [9.17, 15) is 4.79 Å². The van der Waals surface area contributed by atoms with Crippen LogP contribution < -0.4 is 5.73 Å². The molecule has 0 aromatic rings. The molecule has 4 heteroatoms. The first-order valence-corrected chi connectivity index (χ1v) is 7.21. The van der Waals surface area contributed by atoms with E-state index in [1.165, 1.54) is 0 Å². The van der Waals surface area contributed by atoms with E-state index in [2.05, 4.69) is 18.7 Å². The number of likely N-dealkylation sites (tertiary alicyclic amines) is 1. The molecule has 1 amide bonds. The molecule has 106 valence electrons. The summed E-state index contributed by atoms with van der Waals surface area (Å²) in [6.07, 6.45) is 3.52. The van der Waals surface area contributed by atoms with Crippen molar-refractivity contribution in [1.29, 1.82) is 0 Å².